The van der Waals surface area contributed by atoms with E-state index in [1.165, 1.54) is 0 Å². The van der Waals surface area contributed by atoms with Crippen LogP contribution in [-0.2, 0) is 22.6 Å². The molecule has 6 rings (SSSR count). The van der Waals surface area contributed by atoms with Gasteiger partial charge < -0.3 is 19.2 Å². The lowest BCUT2D eigenvalue weighted by Crippen LogP contribution is -2.47. The highest BCUT2D eigenvalue weighted by Crippen LogP contribution is 2.49. The lowest BCUT2D eigenvalue weighted by atomic mass is 9.87. The molecular formula is C30H23NO4. The SMILES string of the molecule is O=CC1Cc2c(ccc3c2Oc2ccccc2O3)CN1C(=O)C(c1ccccc1)c1ccccc1. The summed E-state index contributed by atoms with van der Waals surface area (Å²) in [6, 6.07) is 30.2. The highest BCUT2D eigenvalue weighted by atomic mass is 16.6. The summed E-state index contributed by atoms with van der Waals surface area (Å²) in [6.07, 6.45) is 1.24. The third-order valence-corrected chi connectivity index (χ3v) is 6.71. The first-order valence-electron chi connectivity index (χ1n) is 11.7. The first-order chi connectivity index (χ1) is 17.2. The number of para-hydroxylation sites is 2. The number of hydrogen-bond donors (Lipinski definition) is 0. The maximum Gasteiger partial charge on any atom is 0.235 e. The molecule has 0 bridgehead atoms. The Morgan fingerprint density at radius 2 is 1.37 bits per heavy atom. The number of carbonyl (C=O) groups is 2. The van der Waals surface area contributed by atoms with E-state index in [9.17, 15) is 9.59 Å². The predicted octanol–water partition coefficient (Wildman–Crippen LogP) is 5.87. The molecule has 0 aliphatic carbocycles. The van der Waals surface area contributed by atoms with E-state index >= 15 is 0 Å². The fourth-order valence-electron chi connectivity index (χ4n) is 4.98. The molecule has 2 heterocycles. The van der Waals surface area contributed by atoms with Gasteiger partial charge in [0.05, 0.1) is 12.0 Å². The molecule has 4 aromatic carbocycles. The van der Waals surface area contributed by atoms with Gasteiger partial charge >= 0.3 is 0 Å². The van der Waals surface area contributed by atoms with Crippen LogP contribution in [0.5, 0.6) is 23.0 Å². The number of fused-ring (bicyclic) bond motifs is 4. The van der Waals surface area contributed by atoms with Crippen LogP contribution in [0, 0.1) is 0 Å². The van der Waals surface area contributed by atoms with Crippen molar-refractivity contribution >= 4 is 12.2 Å². The second-order valence-corrected chi connectivity index (χ2v) is 8.81. The number of amides is 1. The van der Waals surface area contributed by atoms with Gasteiger partial charge in [-0.3, -0.25) is 4.79 Å². The number of hydrogen-bond acceptors (Lipinski definition) is 4. The molecule has 0 aromatic heterocycles. The Morgan fingerprint density at radius 3 is 2.00 bits per heavy atom. The van der Waals surface area contributed by atoms with Gasteiger partial charge in [0.15, 0.2) is 23.0 Å². The topological polar surface area (TPSA) is 55.8 Å². The Morgan fingerprint density at radius 1 is 0.771 bits per heavy atom. The van der Waals surface area contributed by atoms with Crippen LogP contribution in [0.4, 0.5) is 0 Å². The standard InChI is InChI=1S/C30H23NO4/c32-19-23-17-24-22(15-16-27-29(24)35-26-14-8-7-13-25(26)34-27)18-31(23)30(33)28(20-9-3-1-4-10-20)21-11-5-2-6-12-21/h1-16,19,23,28H,17-18H2. The van der Waals surface area contributed by atoms with E-state index in [1.807, 2.05) is 97.1 Å². The van der Waals surface area contributed by atoms with Gasteiger partial charge in [0, 0.05) is 18.5 Å². The summed E-state index contributed by atoms with van der Waals surface area (Å²) >= 11 is 0. The van der Waals surface area contributed by atoms with E-state index < -0.39 is 12.0 Å². The molecule has 4 aromatic rings. The second-order valence-electron chi connectivity index (χ2n) is 8.81. The van der Waals surface area contributed by atoms with E-state index in [0.717, 1.165) is 28.5 Å². The van der Waals surface area contributed by atoms with E-state index in [-0.39, 0.29) is 5.91 Å². The lowest BCUT2D eigenvalue weighted by molar-refractivity contribution is -0.138. The Balaban J connectivity index is 1.37. The minimum atomic E-state index is -0.600. The summed E-state index contributed by atoms with van der Waals surface area (Å²) in [5.74, 6) is 1.97. The largest absolute Gasteiger partial charge is 0.450 e. The number of nitrogens with zero attached hydrogens (tertiary/aromatic N) is 1. The van der Waals surface area contributed by atoms with E-state index in [2.05, 4.69) is 0 Å². The van der Waals surface area contributed by atoms with Crippen LogP contribution in [0.3, 0.4) is 0 Å². The molecule has 0 saturated heterocycles. The van der Waals surface area contributed by atoms with Crippen LogP contribution in [0.2, 0.25) is 0 Å². The average molecular weight is 462 g/mol. The minimum Gasteiger partial charge on any atom is -0.450 e. The normalized spacial score (nSPS) is 15.8. The fraction of sp³-hybridized carbons (Fsp3) is 0.133. The number of aldehydes is 1. The van der Waals surface area contributed by atoms with Gasteiger partial charge in [0.2, 0.25) is 5.91 Å². The first-order valence-corrected chi connectivity index (χ1v) is 11.7. The molecule has 2 aliphatic rings. The van der Waals surface area contributed by atoms with Crippen molar-refractivity contribution in [3.05, 3.63) is 119 Å². The predicted molar refractivity (Wildman–Crippen MR) is 132 cm³/mol. The molecule has 0 radical (unpaired) electrons. The van der Waals surface area contributed by atoms with Gasteiger partial charge in [0.25, 0.3) is 0 Å². The van der Waals surface area contributed by atoms with Crippen molar-refractivity contribution in [1.82, 2.24) is 4.90 Å². The summed E-state index contributed by atoms with van der Waals surface area (Å²) < 4.78 is 12.3. The van der Waals surface area contributed by atoms with Gasteiger partial charge in [-0.25, -0.2) is 0 Å². The van der Waals surface area contributed by atoms with Crippen LogP contribution in [0.15, 0.2) is 97.1 Å². The molecule has 5 heteroatoms. The van der Waals surface area contributed by atoms with E-state index in [4.69, 9.17) is 9.47 Å². The third kappa shape index (κ3) is 3.75. The number of carbonyl (C=O) groups excluding carboxylic acids is 2. The van der Waals surface area contributed by atoms with E-state index in [0.29, 0.717) is 36.0 Å². The minimum absolute atomic E-state index is 0.0922. The Labute approximate surface area is 203 Å². The van der Waals surface area contributed by atoms with Crippen LogP contribution >= 0.6 is 0 Å². The number of benzene rings is 4. The van der Waals surface area contributed by atoms with Gasteiger partial charge in [-0.15, -0.1) is 0 Å². The molecule has 1 amide bonds. The second kappa shape index (κ2) is 8.76. The van der Waals surface area contributed by atoms with Crippen LogP contribution in [0.25, 0.3) is 0 Å². The fourth-order valence-corrected chi connectivity index (χ4v) is 4.98. The molecule has 2 aliphatic heterocycles. The zero-order valence-corrected chi connectivity index (χ0v) is 19.0. The Bertz CT molecular complexity index is 1360. The zero-order valence-electron chi connectivity index (χ0n) is 19.0. The average Bonchev–Trinajstić information content (AvgIpc) is 2.92. The van der Waals surface area contributed by atoms with Gasteiger partial charge in [-0.05, 0) is 34.9 Å². The summed E-state index contributed by atoms with van der Waals surface area (Å²) in [4.78, 5) is 28.0. The van der Waals surface area contributed by atoms with Crippen molar-refractivity contribution in [2.75, 3.05) is 0 Å². The molecule has 0 fully saturated rings. The van der Waals surface area contributed by atoms with Gasteiger partial charge in [-0.2, -0.15) is 0 Å². The quantitative estimate of drug-likeness (QED) is 0.314. The Kier molecular flexibility index (Phi) is 5.30. The van der Waals surface area contributed by atoms with Crippen molar-refractivity contribution in [3.8, 4) is 23.0 Å². The Hall–Kier alpha value is -4.38. The van der Waals surface area contributed by atoms with E-state index in [1.54, 1.807) is 4.90 Å². The van der Waals surface area contributed by atoms with Crippen molar-refractivity contribution < 1.29 is 19.1 Å². The third-order valence-electron chi connectivity index (χ3n) is 6.71. The smallest absolute Gasteiger partial charge is 0.235 e. The van der Waals surface area contributed by atoms with Gasteiger partial charge in [-0.1, -0.05) is 78.9 Å². The van der Waals surface area contributed by atoms with Crippen molar-refractivity contribution in [1.29, 1.82) is 0 Å². The number of rotatable bonds is 4. The molecule has 35 heavy (non-hydrogen) atoms. The van der Waals surface area contributed by atoms with Crippen LogP contribution in [-0.4, -0.2) is 23.1 Å². The molecule has 5 nitrogen and oxygen atoms in total. The van der Waals surface area contributed by atoms with Crippen LogP contribution in [0.1, 0.15) is 28.2 Å². The molecule has 1 atom stereocenters. The molecule has 172 valence electrons. The van der Waals surface area contributed by atoms with Crippen molar-refractivity contribution in [3.63, 3.8) is 0 Å². The summed E-state index contributed by atoms with van der Waals surface area (Å²) in [5, 5.41) is 0. The van der Waals surface area contributed by atoms with Crippen molar-refractivity contribution in [2.45, 2.75) is 24.9 Å². The van der Waals surface area contributed by atoms with Crippen LogP contribution < -0.4 is 9.47 Å². The summed E-state index contributed by atoms with van der Waals surface area (Å²) in [7, 11) is 0. The molecule has 1 unspecified atom stereocenters. The summed E-state index contributed by atoms with van der Waals surface area (Å²) in [6.45, 7) is 0.325. The maximum absolute atomic E-state index is 14.0. The molecular weight excluding hydrogens is 438 g/mol. The lowest BCUT2D eigenvalue weighted by Gasteiger charge is -2.37. The maximum atomic E-state index is 14.0. The summed E-state index contributed by atoms with van der Waals surface area (Å²) in [5.41, 5.74) is 3.67. The monoisotopic (exact) mass is 461 g/mol. The molecule has 0 spiro atoms. The van der Waals surface area contributed by atoms with Gasteiger partial charge in [0.1, 0.15) is 6.29 Å². The number of ether oxygens (including phenoxy) is 2. The highest BCUT2D eigenvalue weighted by Gasteiger charge is 2.37. The highest BCUT2D eigenvalue weighted by molar-refractivity contribution is 5.89. The molecule has 0 N–H and O–H groups in total. The zero-order chi connectivity index (χ0) is 23.8. The van der Waals surface area contributed by atoms with Crippen molar-refractivity contribution in [2.24, 2.45) is 0 Å². The molecule has 0 saturated carbocycles. The first kappa shape index (κ1) is 21.2.